The Kier molecular flexibility index (Phi) is 5.14. The molecule has 1 aliphatic rings. The monoisotopic (exact) mass is 256 g/mol. The van der Waals surface area contributed by atoms with Gasteiger partial charge in [-0.2, -0.15) is 0 Å². The van der Waals surface area contributed by atoms with E-state index in [1.807, 2.05) is 14.1 Å². The average molecular weight is 256 g/mol. The molecule has 0 aromatic heterocycles. The molecular weight excluding hydrogens is 232 g/mol. The molecule has 1 amide bonds. The number of aliphatic carboxylic acids is 1. The molecule has 18 heavy (non-hydrogen) atoms. The Balaban J connectivity index is 2.34. The summed E-state index contributed by atoms with van der Waals surface area (Å²) in [5.74, 6) is -1.18. The van der Waals surface area contributed by atoms with Crippen molar-refractivity contribution in [2.24, 2.45) is 17.8 Å². The maximum Gasteiger partial charge on any atom is 0.307 e. The molecule has 0 saturated heterocycles. The van der Waals surface area contributed by atoms with Gasteiger partial charge < -0.3 is 15.3 Å². The number of rotatable bonds is 7. The average Bonchev–Trinajstić information content (AvgIpc) is 3.02. The van der Waals surface area contributed by atoms with Gasteiger partial charge in [-0.15, -0.1) is 0 Å². The van der Waals surface area contributed by atoms with Crippen LogP contribution in [0.3, 0.4) is 0 Å². The molecule has 104 valence electrons. The summed E-state index contributed by atoms with van der Waals surface area (Å²) in [5, 5.41) is 11.6. The summed E-state index contributed by atoms with van der Waals surface area (Å²) in [6.07, 6.45) is 1.50. The fourth-order valence-corrected chi connectivity index (χ4v) is 2.13. The van der Waals surface area contributed by atoms with Gasteiger partial charge >= 0.3 is 5.97 Å². The number of hydrogen-bond acceptors (Lipinski definition) is 3. The van der Waals surface area contributed by atoms with Crippen molar-refractivity contribution in [3.05, 3.63) is 0 Å². The Labute approximate surface area is 109 Å². The number of carboxylic acid groups (broad SMARTS) is 1. The molecule has 0 radical (unpaired) electrons. The summed E-state index contributed by atoms with van der Waals surface area (Å²) in [6.45, 7) is 4.90. The van der Waals surface area contributed by atoms with E-state index >= 15 is 0 Å². The molecule has 1 fully saturated rings. The number of carbonyl (C=O) groups excluding carboxylic acids is 1. The summed E-state index contributed by atoms with van der Waals surface area (Å²) in [6, 6.07) is 0.302. The quantitative estimate of drug-likeness (QED) is 0.707. The summed E-state index contributed by atoms with van der Waals surface area (Å²) < 4.78 is 0. The van der Waals surface area contributed by atoms with Crippen LogP contribution >= 0.6 is 0 Å². The summed E-state index contributed by atoms with van der Waals surface area (Å²) in [7, 11) is 3.99. The van der Waals surface area contributed by atoms with E-state index < -0.39 is 11.9 Å². The van der Waals surface area contributed by atoms with Gasteiger partial charge in [-0.25, -0.2) is 0 Å². The molecule has 1 saturated carbocycles. The van der Waals surface area contributed by atoms with E-state index in [1.54, 1.807) is 0 Å². The molecule has 1 unspecified atom stereocenters. The van der Waals surface area contributed by atoms with Gasteiger partial charge in [-0.05, 0) is 32.9 Å². The minimum absolute atomic E-state index is 0.113. The summed E-state index contributed by atoms with van der Waals surface area (Å²) in [5.41, 5.74) is 0. The Bertz CT molecular complexity index is 315. The Hall–Kier alpha value is -1.10. The smallest absolute Gasteiger partial charge is 0.307 e. The predicted molar refractivity (Wildman–Crippen MR) is 69.2 cm³/mol. The summed E-state index contributed by atoms with van der Waals surface area (Å²) >= 11 is 0. The van der Waals surface area contributed by atoms with E-state index in [-0.39, 0.29) is 11.8 Å². The van der Waals surface area contributed by atoms with Crippen LogP contribution in [-0.2, 0) is 9.59 Å². The highest BCUT2D eigenvalue weighted by Crippen LogP contribution is 2.38. The van der Waals surface area contributed by atoms with Gasteiger partial charge in [0.15, 0.2) is 0 Å². The van der Waals surface area contributed by atoms with Crippen molar-refractivity contribution in [1.29, 1.82) is 0 Å². The second kappa shape index (κ2) is 6.18. The zero-order valence-corrected chi connectivity index (χ0v) is 11.6. The molecule has 2 N–H and O–H groups in total. The first-order valence-electron chi connectivity index (χ1n) is 6.49. The second-order valence-corrected chi connectivity index (χ2v) is 5.78. The minimum Gasteiger partial charge on any atom is -0.481 e. The highest BCUT2D eigenvalue weighted by molar-refractivity contribution is 5.89. The molecule has 1 aliphatic carbocycles. The van der Waals surface area contributed by atoms with Crippen LogP contribution in [0.1, 0.15) is 26.7 Å². The number of hydrogen-bond donors (Lipinski definition) is 2. The minimum atomic E-state index is -0.860. The van der Waals surface area contributed by atoms with Gasteiger partial charge in [0.2, 0.25) is 5.91 Å². The van der Waals surface area contributed by atoms with Crippen LogP contribution in [0.15, 0.2) is 0 Å². The van der Waals surface area contributed by atoms with Crippen LogP contribution in [0.5, 0.6) is 0 Å². The van der Waals surface area contributed by atoms with Crippen molar-refractivity contribution < 1.29 is 14.7 Å². The predicted octanol–water partition coefficient (Wildman–Crippen LogP) is 0.800. The van der Waals surface area contributed by atoms with Crippen molar-refractivity contribution >= 4 is 11.9 Å². The van der Waals surface area contributed by atoms with Gasteiger partial charge in [0.25, 0.3) is 0 Å². The van der Waals surface area contributed by atoms with Crippen LogP contribution in [0.25, 0.3) is 0 Å². The number of carboxylic acids is 1. The molecule has 0 aromatic carbocycles. The fraction of sp³-hybridized carbons (Fsp3) is 0.846. The molecule has 5 nitrogen and oxygen atoms in total. The lowest BCUT2D eigenvalue weighted by Crippen LogP contribution is -2.41. The van der Waals surface area contributed by atoms with Crippen molar-refractivity contribution in [2.45, 2.75) is 32.7 Å². The molecule has 5 heteroatoms. The number of likely N-dealkylation sites (N-methyl/N-ethyl adjacent to an activating group) is 1. The lowest BCUT2D eigenvalue weighted by atomic mass is 10.0. The van der Waals surface area contributed by atoms with Crippen molar-refractivity contribution in [3.8, 4) is 0 Å². The molecule has 0 spiro atoms. The number of carbonyl (C=O) groups is 2. The maximum atomic E-state index is 11.7. The first kappa shape index (κ1) is 15.0. The first-order valence-corrected chi connectivity index (χ1v) is 6.49. The van der Waals surface area contributed by atoms with Crippen LogP contribution in [0.4, 0.5) is 0 Å². The highest BCUT2D eigenvalue weighted by atomic mass is 16.4. The maximum absolute atomic E-state index is 11.7. The standard InChI is InChI=1S/C13H24N2O3/c1-8(2)5-9(15(3)4)7-14-12(16)10-6-11(10)13(17)18/h8-11H,5-7H2,1-4H3,(H,14,16)(H,17,18)/t9?,10-,11+/m1/s1. The summed E-state index contributed by atoms with van der Waals surface area (Å²) in [4.78, 5) is 24.5. The van der Waals surface area contributed by atoms with Crippen molar-refractivity contribution in [1.82, 2.24) is 10.2 Å². The van der Waals surface area contributed by atoms with Gasteiger partial charge in [-0.1, -0.05) is 13.8 Å². The third-order valence-electron chi connectivity index (χ3n) is 3.43. The molecule has 3 atom stereocenters. The number of nitrogens with one attached hydrogen (secondary N) is 1. The zero-order valence-electron chi connectivity index (χ0n) is 11.6. The second-order valence-electron chi connectivity index (χ2n) is 5.78. The highest BCUT2D eigenvalue weighted by Gasteiger charge is 2.48. The van der Waals surface area contributed by atoms with E-state index in [2.05, 4.69) is 24.1 Å². The number of nitrogens with zero attached hydrogens (tertiary/aromatic N) is 1. The molecule has 1 rings (SSSR count). The van der Waals surface area contributed by atoms with E-state index in [9.17, 15) is 9.59 Å². The topological polar surface area (TPSA) is 69.6 Å². The van der Waals surface area contributed by atoms with E-state index in [0.29, 0.717) is 24.9 Å². The van der Waals surface area contributed by atoms with Gasteiger partial charge in [0, 0.05) is 12.6 Å². The van der Waals surface area contributed by atoms with E-state index in [0.717, 1.165) is 6.42 Å². The van der Waals surface area contributed by atoms with Crippen LogP contribution in [0.2, 0.25) is 0 Å². The van der Waals surface area contributed by atoms with Crippen LogP contribution in [-0.4, -0.2) is 48.6 Å². The molecule has 0 aromatic rings. The third kappa shape index (κ3) is 4.29. The van der Waals surface area contributed by atoms with Crippen molar-refractivity contribution in [2.75, 3.05) is 20.6 Å². The molecule has 0 bridgehead atoms. The number of amides is 1. The van der Waals surface area contributed by atoms with E-state index in [1.165, 1.54) is 0 Å². The van der Waals surface area contributed by atoms with Crippen LogP contribution in [0, 0.1) is 17.8 Å². The fourth-order valence-electron chi connectivity index (χ4n) is 2.13. The molecular formula is C13H24N2O3. The molecule has 0 aliphatic heterocycles. The zero-order chi connectivity index (χ0) is 13.9. The van der Waals surface area contributed by atoms with Gasteiger partial charge in [0.05, 0.1) is 11.8 Å². The van der Waals surface area contributed by atoms with E-state index in [4.69, 9.17) is 5.11 Å². The Morgan fingerprint density at radius 3 is 2.33 bits per heavy atom. The SMILES string of the molecule is CC(C)CC(CNC(=O)[C@@H]1C[C@@H]1C(=O)O)N(C)C. The third-order valence-corrected chi connectivity index (χ3v) is 3.43. The lowest BCUT2D eigenvalue weighted by Gasteiger charge is -2.26. The lowest BCUT2D eigenvalue weighted by molar-refractivity contribution is -0.140. The van der Waals surface area contributed by atoms with Gasteiger partial charge in [-0.3, -0.25) is 9.59 Å². The Morgan fingerprint density at radius 1 is 1.33 bits per heavy atom. The Morgan fingerprint density at radius 2 is 1.94 bits per heavy atom. The molecule has 0 heterocycles. The van der Waals surface area contributed by atoms with Crippen molar-refractivity contribution in [3.63, 3.8) is 0 Å². The largest absolute Gasteiger partial charge is 0.481 e. The van der Waals surface area contributed by atoms with Crippen LogP contribution < -0.4 is 5.32 Å². The van der Waals surface area contributed by atoms with Gasteiger partial charge in [0.1, 0.15) is 0 Å². The first-order chi connectivity index (χ1) is 8.32. The normalized spacial score (nSPS) is 24.1.